The van der Waals surface area contributed by atoms with Crippen molar-refractivity contribution in [3.8, 4) is 16.9 Å². The molecule has 0 spiro atoms. The predicted octanol–water partition coefficient (Wildman–Crippen LogP) is 4.91. The van der Waals surface area contributed by atoms with E-state index in [4.69, 9.17) is 4.74 Å². The van der Waals surface area contributed by atoms with Crippen molar-refractivity contribution in [2.24, 2.45) is 0 Å². The van der Waals surface area contributed by atoms with Crippen molar-refractivity contribution in [1.82, 2.24) is 4.98 Å². The van der Waals surface area contributed by atoms with Gasteiger partial charge in [0.05, 0.1) is 0 Å². The van der Waals surface area contributed by atoms with Crippen LogP contribution in [0.15, 0.2) is 60.9 Å². The van der Waals surface area contributed by atoms with Crippen molar-refractivity contribution in [3.63, 3.8) is 0 Å². The summed E-state index contributed by atoms with van der Waals surface area (Å²) >= 11 is 0. The van der Waals surface area contributed by atoms with E-state index < -0.39 is 11.6 Å². The largest absolute Gasteiger partial charge is 0.489 e. The van der Waals surface area contributed by atoms with Crippen LogP contribution < -0.4 is 4.74 Å². The number of pyridine rings is 1. The highest BCUT2D eigenvalue weighted by atomic mass is 19.1. The molecule has 23 heavy (non-hydrogen) atoms. The smallest absolute Gasteiger partial charge is 0.126 e. The van der Waals surface area contributed by atoms with Crippen LogP contribution in [0.4, 0.5) is 8.78 Å². The number of hydrogen-bond acceptors (Lipinski definition) is 2. The molecule has 0 amide bonds. The van der Waals surface area contributed by atoms with Crippen molar-refractivity contribution < 1.29 is 13.5 Å². The first-order valence-corrected chi connectivity index (χ1v) is 7.20. The maximum Gasteiger partial charge on any atom is 0.126 e. The van der Waals surface area contributed by atoms with Crippen molar-refractivity contribution in [2.75, 3.05) is 0 Å². The van der Waals surface area contributed by atoms with Crippen LogP contribution in [0.3, 0.4) is 0 Å². The Labute approximate surface area is 133 Å². The van der Waals surface area contributed by atoms with Gasteiger partial charge in [0.15, 0.2) is 0 Å². The third kappa shape index (κ3) is 3.72. The summed E-state index contributed by atoms with van der Waals surface area (Å²) in [6.07, 6.45) is 3.25. The number of para-hydroxylation sites is 1. The molecule has 0 saturated heterocycles. The number of ether oxygens (including phenoxy) is 1. The van der Waals surface area contributed by atoms with Crippen molar-refractivity contribution >= 4 is 0 Å². The molecule has 4 heteroatoms. The van der Waals surface area contributed by atoms with Crippen LogP contribution in [0.2, 0.25) is 0 Å². The first-order valence-electron chi connectivity index (χ1n) is 7.20. The number of aromatic nitrogens is 1. The summed E-state index contributed by atoms with van der Waals surface area (Å²) in [7, 11) is 0. The number of nitrogens with zero attached hydrogens (tertiary/aromatic N) is 1. The van der Waals surface area contributed by atoms with Gasteiger partial charge < -0.3 is 4.74 Å². The number of rotatable bonds is 4. The van der Waals surface area contributed by atoms with Crippen LogP contribution in [-0.2, 0) is 6.61 Å². The minimum atomic E-state index is -0.610. The molecule has 2 nitrogen and oxygen atoms in total. The number of benzene rings is 2. The molecular formula is C19H15F2NO. The van der Waals surface area contributed by atoms with E-state index in [2.05, 4.69) is 4.98 Å². The SMILES string of the molecule is Cc1ccccc1OCc1cncc(-c2cc(F)cc(F)c2)c1. The summed E-state index contributed by atoms with van der Waals surface area (Å²) < 4.78 is 32.5. The van der Waals surface area contributed by atoms with E-state index in [9.17, 15) is 8.78 Å². The van der Waals surface area contributed by atoms with Gasteiger partial charge in [-0.1, -0.05) is 18.2 Å². The molecular weight excluding hydrogens is 296 g/mol. The summed E-state index contributed by atoms with van der Waals surface area (Å²) in [5.41, 5.74) is 2.97. The quantitative estimate of drug-likeness (QED) is 0.682. The van der Waals surface area contributed by atoms with Crippen LogP contribution in [0.1, 0.15) is 11.1 Å². The fourth-order valence-corrected chi connectivity index (χ4v) is 2.32. The van der Waals surface area contributed by atoms with Gasteiger partial charge in [0.1, 0.15) is 24.0 Å². The molecule has 0 aliphatic heterocycles. The molecule has 0 unspecified atom stereocenters. The topological polar surface area (TPSA) is 22.1 Å². The second kappa shape index (κ2) is 6.57. The van der Waals surface area contributed by atoms with E-state index in [1.54, 1.807) is 12.4 Å². The predicted molar refractivity (Wildman–Crippen MR) is 85.1 cm³/mol. The van der Waals surface area contributed by atoms with E-state index in [1.807, 2.05) is 37.3 Å². The molecule has 0 fully saturated rings. The van der Waals surface area contributed by atoms with Crippen LogP contribution in [-0.4, -0.2) is 4.98 Å². The third-order valence-corrected chi connectivity index (χ3v) is 3.48. The zero-order valence-corrected chi connectivity index (χ0v) is 12.6. The molecule has 0 radical (unpaired) electrons. The maximum absolute atomic E-state index is 13.3. The molecule has 0 aliphatic carbocycles. The Morgan fingerprint density at radius 1 is 0.913 bits per heavy atom. The zero-order valence-electron chi connectivity index (χ0n) is 12.6. The van der Waals surface area contributed by atoms with Crippen LogP contribution in [0, 0.1) is 18.6 Å². The molecule has 3 rings (SSSR count). The molecule has 0 atom stereocenters. The Morgan fingerprint density at radius 3 is 2.39 bits per heavy atom. The lowest BCUT2D eigenvalue weighted by Crippen LogP contribution is -1.98. The van der Waals surface area contributed by atoms with Gasteiger partial charge in [0, 0.05) is 29.6 Å². The normalized spacial score (nSPS) is 10.6. The molecule has 0 saturated carbocycles. The summed E-state index contributed by atoms with van der Waals surface area (Å²) in [5.74, 6) is -0.419. The average Bonchev–Trinajstić information content (AvgIpc) is 2.53. The number of aryl methyl sites for hydroxylation is 1. The van der Waals surface area contributed by atoms with Crippen molar-refractivity contribution in [1.29, 1.82) is 0 Å². The summed E-state index contributed by atoms with van der Waals surface area (Å²) in [4.78, 5) is 4.13. The van der Waals surface area contributed by atoms with Gasteiger partial charge >= 0.3 is 0 Å². The summed E-state index contributed by atoms with van der Waals surface area (Å²) in [6, 6.07) is 13.0. The fourth-order valence-electron chi connectivity index (χ4n) is 2.32. The van der Waals surface area contributed by atoms with Gasteiger partial charge in [-0.05, 0) is 42.3 Å². The molecule has 1 aromatic heterocycles. The Balaban J connectivity index is 1.81. The lowest BCUT2D eigenvalue weighted by molar-refractivity contribution is 0.303. The second-order valence-corrected chi connectivity index (χ2v) is 5.29. The molecule has 2 aromatic carbocycles. The van der Waals surface area contributed by atoms with E-state index in [-0.39, 0.29) is 0 Å². The van der Waals surface area contributed by atoms with Gasteiger partial charge in [-0.15, -0.1) is 0 Å². The molecule has 1 heterocycles. The zero-order chi connectivity index (χ0) is 16.2. The number of hydrogen-bond donors (Lipinski definition) is 0. The first-order chi connectivity index (χ1) is 11.1. The molecule has 0 aliphatic rings. The maximum atomic E-state index is 13.3. The van der Waals surface area contributed by atoms with Crippen LogP contribution >= 0.6 is 0 Å². The van der Waals surface area contributed by atoms with Crippen molar-refractivity contribution in [3.05, 3.63) is 83.7 Å². The average molecular weight is 311 g/mol. The monoisotopic (exact) mass is 311 g/mol. The lowest BCUT2D eigenvalue weighted by Gasteiger charge is -2.10. The van der Waals surface area contributed by atoms with Crippen molar-refractivity contribution in [2.45, 2.75) is 13.5 Å². The van der Waals surface area contributed by atoms with Crippen LogP contribution in [0.25, 0.3) is 11.1 Å². The van der Waals surface area contributed by atoms with Gasteiger partial charge in [-0.3, -0.25) is 4.98 Å². The third-order valence-electron chi connectivity index (χ3n) is 3.48. The molecule has 116 valence electrons. The molecule has 0 N–H and O–H groups in total. The van der Waals surface area contributed by atoms with E-state index in [1.165, 1.54) is 12.1 Å². The van der Waals surface area contributed by atoms with E-state index >= 15 is 0 Å². The highest BCUT2D eigenvalue weighted by Gasteiger charge is 2.06. The summed E-state index contributed by atoms with van der Waals surface area (Å²) in [5, 5.41) is 0. The highest BCUT2D eigenvalue weighted by Crippen LogP contribution is 2.23. The number of halogens is 2. The second-order valence-electron chi connectivity index (χ2n) is 5.29. The van der Waals surface area contributed by atoms with Gasteiger partial charge in [0.25, 0.3) is 0 Å². The first kappa shape index (κ1) is 15.2. The van der Waals surface area contributed by atoms with Crippen LogP contribution in [0.5, 0.6) is 5.75 Å². The minimum absolute atomic E-state index is 0.337. The van der Waals surface area contributed by atoms with Gasteiger partial charge in [-0.25, -0.2) is 8.78 Å². The van der Waals surface area contributed by atoms with E-state index in [0.717, 1.165) is 22.9 Å². The van der Waals surface area contributed by atoms with Gasteiger partial charge in [-0.2, -0.15) is 0 Å². The Hall–Kier alpha value is -2.75. The minimum Gasteiger partial charge on any atom is -0.489 e. The molecule has 3 aromatic rings. The molecule has 0 bridgehead atoms. The Kier molecular flexibility index (Phi) is 4.33. The fraction of sp³-hybridized carbons (Fsp3) is 0.105. The standard InChI is InChI=1S/C19H15F2NO/c1-13-4-2-3-5-19(13)23-12-14-6-16(11-22-10-14)15-7-17(20)9-18(21)8-15/h2-11H,12H2,1H3. The lowest BCUT2D eigenvalue weighted by atomic mass is 10.1. The highest BCUT2D eigenvalue weighted by molar-refractivity contribution is 5.63. The summed E-state index contributed by atoms with van der Waals surface area (Å²) in [6.45, 7) is 2.31. The van der Waals surface area contributed by atoms with E-state index in [0.29, 0.717) is 17.7 Å². The Bertz CT molecular complexity index is 813. The van der Waals surface area contributed by atoms with Gasteiger partial charge in [0.2, 0.25) is 0 Å². The Morgan fingerprint density at radius 2 is 1.65 bits per heavy atom.